The van der Waals surface area contributed by atoms with Crippen LogP contribution in [0.15, 0.2) is 48.5 Å². The number of amides is 2. The van der Waals surface area contributed by atoms with E-state index < -0.39 is 0 Å². The van der Waals surface area contributed by atoms with Crippen LogP contribution < -0.4 is 10.6 Å². The van der Waals surface area contributed by atoms with E-state index in [1.165, 1.54) is 0 Å². The van der Waals surface area contributed by atoms with Crippen LogP contribution in [0.4, 0.5) is 0 Å². The van der Waals surface area contributed by atoms with Crippen molar-refractivity contribution in [1.29, 1.82) is 5.26 Å². The number of rotatable bonds is 7. The molecule has 2 amide bonds. The molecule has 5 nitrogen and oxygen atoms in total. The van der Waals surface area contributed by atoms with Crippen molar-refractivity contribution >= 4 is 23.4 Å². The fourth-order valence-electron chi connectivity index (χ4n) is 2.14. The van der Waals surface area contributed by atoms with Crippen molar-refractivity contribution < 1.29 is 9.59 Å². The average molecular weight is 356 g/mol. The van der Waals surface area contributed by atoms with Crippen molar-refractivity contribution in [1.82, 2.24) is 10.6 Å². The Hall–Kier alpha value is -2.84. The SMILES string of the molecule is N#Cc1ccc(CNC(=O)CCCNC(=O)c2ccc(Cl)cc2)cc1. The molecule has 0 atom stereocenters. The van der Waals surface area contributed by atoms with Gasteiger partial charge in [0.15, 0.2) is 0 Å². The summed E-state index contributed by atoms with van der Waals surface area (Å²) < 4.78 is 0. The summed E-state index contributed by atoms with van der Waals surface area (Å²) in [5.41, 5.74) is 2.06. The lowest BCUT2D eigenvalue weighted by Gasteiger charge is -2.07. The maximum Gasteiger partial charge on any atom is 0.251 e. The third-order valence-electron chi connectivity index (χ3n) is 3.55. The molecule has 6 heteroatoms. The first-order valence-corrected chi connectivity index (χ1v) is 8.26. The van der Waals surface area contributed by atoms with Crippen molar-refractivity contribution in [2.24, 2.45) is 0 Å². The Morgan fingerprint density at radius 2 is 1.68 bits per heavy atom. The Labute approximate surface area is 151 Å². The van der Waals surface area contributed by atoms with E-state index in [2.05, 4.69) is 10.6 Å². The average Bonchev–Trinajstić information content (AvgIpc) is 2.64. The van der Waals surface area contributed by atoms with Crippen LogP contribution in [0, 0.1) is 11.3 Å². The fourth-order valence-corrected chi connectivity index (χ4v) is 2.27. The van der Waals surface area contributed by atoms with Crippen LogP contribution >= 0.6 is 11.6 Å². The summed E-state index contributed by atoms with van der Waals surface area (Å²) in [7, 11) is 0. The second-order valence-corrected chi connectivity index (χ2v) is 5.89. The predicted molar refractivity (Wildman–Crippen MR) is 96.0 cm³/mol. The van der Waals surface area contributed by atoms with Crippen LogP contribution in [-0.2, 0) is 11.3 Å². The third-order valence-corrected chi connectivity index (χ3v) is 3.80. The lowest BCUT2D eigenvalue weighted by Crippen LogP contribution is -2.27. The van der Waals surface area contributed by atoms with Gasteiger partial charge in [-0.25, -0.2) is 0 Å². The number of nitrogens with one attached hydrogen (secondary N) is 2. The summed E-state index contributed by atoms with van der Waals surface area (Å²) in [6.45, 7) is 0.841. The van der Waals surface area contributed by atoms with Gasteiger partial charge in [0.2, 0.25) is 5.91 Å². The molecule has 0 aliphatic rings. The number of carbonyl (C=O) groups is 2. The molecule has 0 saturated heterocycles. The Morgan fingerprint density at radius 1 is 1.00 bits per heavy atom. The number of nitriles is 1. The van der Waals surface area contributed by atoms with Crippen molar-refractivity contribution in [3.63, 3.8) is 0 Å². The largest absolute Gasteiger partial charge is 0.352 e. The first-order chi connectivity index (χ1) is 12.1. The minimum Gasteiger partial charge on any atom is -0.352 e. The highest BCUT2D eigenvalue weighted by Gasteiger charge is 2.06. The molecule has 2 aromatic rings. The van der Waals surface area contributed by atoms with Crippen LogP contribution in [0.2, 0.25) is 5.02 Å². The van der Waals surface area contributed by atoms with Gasteiger partial charge in [-0.1, -0.05) is 23.7 Å². The van der Waals surface area contributed by atoms with E-state index in [1.54, 1.807) is 36.4 Å². The molecule has 0 aromatic heterocycles. The molecule has 0 unspecified atom stereocenters. The molecule has 0 radical (unpaired) electrons. The molecule has 0 fully saturated rings. The summed E-state index contributed by atoms with van der Waals surface area (Å²) in [6.07, 6.45) is 0.885. The second kappa shape index (κ2) is 9.45. The molecule has 2 aromatic carbocycles. The summed E-state index contributed by atoms with van der Waals surface area (Å²) in [5, 5.41) is 14.9. The first kappa shape index (κ1) is 18.5. The van der Waals surface area contributed by atoms with E-state index in [-0.39, 0.29) is 11.8 Å². The molecule has 0 aliphatic heterocycles. The quantitative estimate of drug-likeness (QED) is 0.749. The highest BCUT2D eigenvalue weighted by molar-refractivity contribution is 6.30. The van der Waals surface area contributed by atoms with E-state index >= 15 is 0 Å². The van der Waals surface area contributed by atoms with E-state index in [1.807, 2.05) is 18.2 Å². The van der Waals surface area contributed by atoms with E-state index in [0.717, 1.165) is 5.56 Å². The van der Waals surface area contributed by atoms with Crippen LogP contribution in [-0.4, -0.2) is 18.4 Å². The summed E-state index contributed by atoms with van der Waals surface area (Å²) in [6, 6.07) is 15.7. The maximum atomic E-state index is 11.9. The fraction of sp³-hybridized carbons (Fsp3) is 0.211. The second-order valence-electron chi connectivity index (χ2n) is 5.45. The van der Waals surface area contributed by atoms with Crippen LogP contribution in [0.5, 0.6) is 0 Å². The van der Waals surface area contributed by atoms with Crippen LogP contribution in [0.3, 0.4) is 0 Å². The van der Waals surface area contributed by atoms with Gasteiger partial charge in [0, 0.05) is 30.1 Å². The molecule has 0 bridgehead atoms. The van der Waals surface area contributed by atoms with E-state index in [0.29, 0.717) is 42.1 Å². The topological polar surface area (TPSA) is 82.0 Å². The van der Waals surface area contributed by atoms with Crippen molar-refractivity contribution in [3.8, 4) is 6.07 Å². The highest BCUT2D eigenvalue weighted by atomic mass is 35.5. The zero-order valence-electron chi connectivity index (χ0n) is 13.6. The first-order valence-electron chi connectivity index (χ1n) is 7.88. The monoisotopic (exact) mass is 355 g/mol. The molecule has 0 saturated carbocycles. The minimum atomic E-state index is -0.186. The molecule has 0 heterocycles. The number of hydrogen-bond donors (Lipinski definition) is 2. The molecule has 2 N–H and O–H groups in total. The lowest BCUT2D eigenvalue weighted by molar-refractivity contribution is -0.121. The normalized spacial score (nSPS) is 9.92. The third kappa shape index (κ3) is 6.28. The van der Waals surface area contributed by atoms with Gasteiger partial charge < -0.3 is 10.6 Å². The smallest absolute Gasteiger partial charge is 0.251 e. The van der Waals surface area contributed by atoms with Crippen molar-refractivity contribution in [2.45, 2.75) is 19.4 Å². The molecular formula is C19H18ClN3O2. The maximum absolute atomic E-state index is 11.9. The zero-order chi connectivity index (χ0) is 18.1. The molecular weight excluding hydrogens is 338 g/mol. The standard InChI is InChI=1S/C19H18ClN3O2/c20-17-9-7-16(8-10-17)19(25)22-11-1-2-18(24)23-13-15-5-3-14(12-21)4-6-15/h3-10H,1-2,11,13H2,(H,22,25)(H,23,24). The van der Waals surface area contributed by atoms with Gasteiger partial charge in [0.1, 0.15) is 0 Å². The summed E-state index contributed by atoms with van der Waals surface area (Å²) in [4.78, 5) is 23.7. The number of carbonyl (C=O) groups excluding carboxylic acids is 2. The van der Waals surface area contributed by atoms with Crippen molar-refractivity contribution in [3.05, 3.63) is 70.2 Å². The van der Waals surface area contributed by atoms with Gasteiger partial charge in [-0.2, -0.15) is 5.26 Å². The summed E-state index contributed by atoms with van der Waals surface area (Å²) >= 11 is 5.78. The Morgan fingerprint density at radius 3 is 2.32 bits per heavy atom. The lowest BCUT2D eigenvalue weighted by atomic mass is 10.1. The zero-order valence-corrected chi connectivity index (χ0v) is 14.3. The molecule has 0 spiro atoms. The molecule has 2 rings (SSSR count). The van der Waals surface area contributed by atoms with E-state index in [9.17, 15) is 9.59 Å². The predicted octanol–water partition coefficient (Wildman–Crippen LogP) is 3.04. The Kier molecular flexibility index (Phi) is 7.00. The number of hydrogen-bond acceptors (Lipinski definition) is 3. The van der Waals surface area contributed by atoms with Gasteiger partial charge >= 0.3 is 0 Å². The van der Waals surface area contributed by atoms with Gasteiger partial charge in [0.25, 0.3) is 5.91 Å². The molecule has 128 valence electrons. The number of nitrogens with zero attached hydrogens (tertiary/aromatic N) is 1. The Balaban J connectivity index is 1.64. The number of halogens is 1. The van der Waals surface area contributed by atoms with Gasteiger partial charge in [0.05, 0.1) is 11.6 Å². The molecule has 0 aliphatic carbocycles. The van der Waals surface area contributed by atoms with E-state index in [4.69, 9.17) is 16.9 Å². The highest BCUT2D eigenvalue weighted by Crippen LogP contribution is 2.09. The van der Waals surface area contributed by atoms with Crippen molar-refractivity contribution in [2.75, 3.05) is 6.54 Å². The molecule has 25 heavy (non-hydrogen) atoms. The Bertz CT molecular complexity index is 765. The summed E-state index contributed by atoms with van der Waals surface area (Å²) in [5.74, 6) is -0.264. The van der Waals surface area contributed by atoms with Crippen LogP contribution in [0.1, 0.15) is 34.3 Å². The van der Waals surface area contributed by atoms with Gasteiger partial charge in [-0.3, -0.25) is 9.59 Å². The van der Waals surface area contributed by atoms with Gasteiger partial charge in [-0.15, -0.1) is 0 Å². The van der Waals surface area contributed by atoms with Crippen LogP contribution in [0.25, 0.3) is 0 Å². The van der Waals surface area contributed by atoms with Gasteiger partial charge in [-0.05, 0) is 48.4 Å². The minimum absolute atomic E-state index is 0.0786. The number of benzene rings is 2.